The molecular formula is C15H15F3N4O4. The number of aromatic nitrogens is 2. The number of methoxy groups -OCH3 is 1. The normalized spacial score (nSPS) is 11.3. The molecule has 2 rings (SSSR count). The molecule has 0 spiro atoms. The van der Waals surface area contributed by atoms with Gasteiger partial charge in [0.25, 0.3) is 5.69 Å². The van der Waals surface area contributed by atoms with Crippen molar-refractivity contribution in [2.24, 2.45) is 0 Å². The van der Waals surface area contributed by atoms with Gasteiger partial charge >= 0.3 is 6.18 Å². The molecule has 26 heavy (non-hydrogen) atoms. The van der Waals surface area contributed by atoms with Gasteiger partial charge in [-0.15, -0.1) is 0 Å². The molecule has 1 aromatic carbocycles. The third-order valence-corrected chi connectivity index (χ3v) is 3.50. The van der Waals surface area contributed by atoms with Gasteiger partial charge in [-0.3, -0.25) is 19.6 Å². The van der Waals surface area contributed by atoms with E-state index < -0.39 is 22.7 Å². The molecular weight excluding hydrogens is 357 g/mol. The number of benzene rings is 1. The second kappa shape index (κ2) is 7.42. The van der Waals surface area contributed by atoms with Crippen LogP contribution >= 0.6 is 0 Å². The highest BCUT2D eigenvalue weighted by Crippen LogP contribution is 2.30. The van der Waals surface area contributed by atoms with Crippen molar-refractivity contribution in [3.05, 3.63) is 45.8 Å². The van der Waals surface area contributed by atoms with E-state index in [4.69, 9.17) is 4.74 Å². The van der Waals surface area contributed by atoms with E-state index in [1.807, 2.05) is 0 Å². The van der Waals surface area contributed by atoms with Crippen LogP contribution in [0, 0.1) is 17.0 Å². The molecule has 1 amide bonds. The number of carbonyl (C=O) groups excluding carboxylic acids is 1. The largest absolute Gasteiger partial charge is 0.496 e. The number of anilines is 1. The number of nitro benzene ring substituents is 1. The molecule has 0 aliphatic carbocycles. The minimum atomic E-state index is -4.57. The first-order valence-corrected chi connectivity index (χ1v) is 7.35. The van der Waals surface area contributed by atoms with E-state index in [0.717, 1.165) is 16.8 Å². The van der Waals surface area contributed by atoms with E-state index in [1.54, 1.807) is 0 Å². The fourth-order valence-corrected chi connectivity index (χ4v) is 2.19. The minimum absolute atomic E-state index is 0.0334. The summed E-state index contributed by atoms with van der Waals surface area (Å²) < 4.78 is 43.8. The molecule has 0 bridgehead atoms. The van der Waals surface area contributed by atoms with Gasteiger partial charge in [-0.25, -0.2) is 0 Å². The fraction of sp³-hybridized carbons (Fsp3) is 0.333. The van der Waals surface area contributed by atoms with Crippen molar-refractivity contribution in [2.45, 2.75) is 26.1 Å². The first-order valence-electron chi connectivity index (χ1n) is 7.35. The van der Waals surface area contributed by atoms with E-state index in [9.17, 15) is 28.1 Å². The Morgan fingerprint density at radius 3 is 2.62 bits per heavy atom. The molecule has 8 nitrogen and oxygen atoms in total. The van der Waals surface area contributed by atoms with Crippen LogP contribution in [0.1, 0.15) is 17.8 Å². The monoisotopic (exact) mass is 372 g/mol. The number of hydrogen-bond donors (Lipinski definition) is 1. The van der Waals surface area contributed by atoms with Crippen LogP contribution in [0.15, 0.2) is 24.3 Å². The number of aryl methyl sites for hydroxylation is 2. The summed E-state index contributed by atoms with van der Waals surface area (Å²) >= 11 is 0. The van der Waals surface area contributed by atoms with Crippen LogP contribution in [0.25, 0.3) is 0 Å². The minimum Gasteiger partial charge on any atom is -0.496 e. The summed E-state index contributed by atoms with van der Waals surface area (Å²) in [5.74, 6) is -0.344. The topological polar surface area (TPSA) is 99.3 Å². The number of amides is 1. The third kappa shape index (κ3) is 4.49. The summed E-state index contributed by atoms with van der Waals surface area (Å²) in [5.41, 5.74) is -1.18. The lowest BCUT2D eigenvalue weighted by molar-refractivity contribution is -0.384. The number of nitro groups is 1. The molecule has 0 atom stereocenters. The molecule has 0 aliphatic heterocycles. The lowest BCUT2D eigenvalue weighted by Gasteiger charge is -2.08. The van der Waals surface area contributed by atoms with Crippen molar-refractivity contribution in [3.63, 3.8) is 0 Å². The number of hydrogen-bond acceptors (Lipinski definition) is 5. The van der Waals surface area contributed by atoms with Crippen LogP contribution in [0.4, 0.5) is 24.5 Å². The van der Waals surface area contributed by atoms with Gasteiger partial charge < -0.3 is 10.1 Å². The van der Waals surface area contributed by atoms with E-state index >= 15 is 0 Å². The standard InChI is InChI=1S/C15H15F3N4O4/c1-9-7-13(15(16,17)18)20-21(9)6-5-14(23)19-11-4-3-10(26-2)8-12(11)22(24)25/h3-4,7-8H,5-6H2,1-2H3,(H,19,23). The lowest BCUT2D eigenvalue weighted by atomic mass is 10.2. The Morgan fingerprint density at radius 1 is 1.38 bits per heavy atom. The first kappa shape index (κ1) is 19.2. The Kier molecular flexibility index (Phi) is 5.48. The number of halogens is 3. The number of nitrogens with one attached hydrogen (secondary N) is 1. The molecule has 1 N–H and O–H groups in total. The molecule has 11 heteroatoms. The van der Waals surface area contributed by atoms with Gasteiger partial charge in [-0.1, -0.05) is 0 Å². The Labute approximate surface area is 145 Å². The van der Waals surface area contributed by atoms with E-state index in [0.29, 0.717) is 0 Å². The van der Waals surface area contributed by atoms with E-state index in [-0.39, 0.29) is 35.8 Å². The number of ether oxygens (including phenoxy) is 1. The smallest absolute Gasteiger partial charge is 0.435 e. The molecule has 2 aromatic rings. The zero-order valence-electron chi connectivity index (χ0n) is 13.8. The van der Waals surface area contributed by atoms with E-state index in [1.165, 1.54) is 26.2 Å². The molecule has 140 valence electrons. The Bertz CT molecular complexity index is 833. The molecule has 1 aromatic heterocycles. The van der Waals surface area contributed by atoms with Gasteiger partial charge in [-0.2, -0.15) is 18.3 Å². The van der Waals surface area contributed by atoms with Crippen LogP contribution in [0.5, 0.6) is 5.75 Å². The number of alkyl halides is 3. The van der Waals surface area contributed by atoms with Gasteiger partial charge in [0.05, 0.1) is 18.1 Å². The molecule has 0 saturated heterocycles. The Morgan fingerprint density at radius 2 is 2.08 bits per heavy atom. The maximum absolute atomic E-state index is 12.6. The van der Waals surface area contributed by atoms with Gasteiger partial charge in [0.1, 0.15) is 11.4 Å². The van der Waals surface area contributed by atoms with Crippen molar-refractivity contribution < 1.29 is 27.6 Å². The highest BCUT2D eigenvalue weighted by Gasteiger charge is 2.34. The van der Waals surface area contributed by atoms with E-state index in [2.05, 4.69) is 10.4 Å². The molecule has 0 fully saturated rings. The second-order valence-corrected chi connectivity index (χ2v) is 5.33. The van der Waals surface area contributed by atoms with Crippen LogP contribution in [-0.4, -0.2) is 27.7 Å². The number of rotatable bonds is 6. The molecule has 0 saturated carbocycles. The molecule has 0 aliphatic rings. The first-order chi connectivity index (χ1) is 12.1. The van der Waals surface area contributed by atoms with Crippen LogP contribution in [0.2, 0.25) is 0 Å². The zero-order valence-corrected chi connectivity index (χ0v) is 13.8. The predicted molar refractivity (Wildman–Crippen MR) is 84.9 cm³/mol. The number of nitrogens with zero attached hydrogens (tertiary/aromatic N) is 3. The zero-order chi connectivity index (χ0) is 19.5. The Hall–Kier alpha value is -3.11. The summed E-state index contributed by atoms with van der Waals surface area (Å²) in [6.07, 6.45) is -4.77. The van der Waals surface area contributed by atoms with Gasteiger partial charge in [0.2, 0.25) is 5.91 Å². The van der Waals surface area contributed by atoms with Crippen LogP contribution < -0.4 is 10.1 Å². The fourth-order valence-electron chi connectivity index (χ4n) is 2.19. The summed E-state index contributed by atoms with van der Waals surface area (Å²) in [6, 6.07) is 4.79. The summed E-state index contributed by atoms with van der Waals surface area (Å²) in [5, 5.41) is 16.9. The van der Waals surface area contributed by atoms with Crippen molar-refractivity contribution in [1.29, 1.82) is 0 Å². The summed E-state index contributed by atoms with van der Waals surface area (Å²) in [7, 11) is 1.35. The average Bonchev–Trinajstić information content (AvgIpc) is 2.94. The van der Waals surface area contributed by atoms with Gasteiger partial charge in [-0.05, 0) is 25.1 Å². The quantitative estimate of drug-likeness (QED) is 0.620. The second-order valence-electron chi connectivity index (χ2n) is 5.33. The predicted octanol–water partition coefficient (Wildman–Crippen LogP) is 3.16. The number of carbonyl (C=O) groups is 1. The highest BCUT2D eigenvalue weighted by atomic mass is 19.4. The van der Waals surface area contributed by atoms with Crippen molar-refractivity contribution in [1.82, 2.24) is 9.78 Å². The summed E-state index contributed by atoms with van der Waals surface area (Å²) in [4.78, 5) is 22.4. The van der Waals surface area contributed by atoms with Gasteiger partial charge in [0, 0.05) is 18.7 Å². The summed E-state index contributed by atoms with van der Waals surface area (Å²) in [6.45, 7) is 1.34. The van der Waals surface area contributed by atoms with Gasteiger partial charge in [0.15, 0.2) is 5.69 Å². The van der Waals surface area contributed by atoms with Crippen LogP contribution in [0.3, 0.4) is 0 Å². The molecule has 1 heterocycles. The van der Waals surface area contributed by atoms with Crippen molar-refractivity contribution in [3.8, 4) is 5.75 Å². The molecule has 0 unspecified atom stereocenters. The van der Waals surface area contributed by atoms with Crippen LogP contribution in [-0.2, 0) is 17.5 Å². The van der Waals surface area contributed by atoms with Crippen molar-refractivity contribution >= 4 is 17.3 Å². The maximum atomic E-state index is 12.6. The maximum Gasteiger partial charge on any atom is 0.435 e. The SMILES string of the molecule is COc1ccc(NC(=O)CCn2nc(C(F)(F)F)cc2C)c([N+](=O)[O-])c1. The lowest BCUT2D eigenvalue weighted by Crippen LogP contribution is -2.17. The van der Waals surface area contributed by atoms with Crippen molar-refractivity contribution in [2.75, 3.05) is 12.4 Å². The highest BCUT2D eigenvalue weighted by molar-refractivity contribution is 5.93. The third-order valence-electron chi connectivity index (χ3n) is 3.50. The Balaban J connectivity index is 2.06. The molecule has 0 radical (unpaired) electrons. The average molecular weight is 372 g/mol.